The zero-order chi connectivity index (χ0) is 9.00. The molecule has 0 aliphatic rings. The zero-order valence-electron chi connectivity index (χ0n) is 6.41. The first-order valence-electron chi connectivity index (χ1n) is 3.74. The Morgan fingerprint density at radius 2 is 2.38 bits per heavy atom. The lowest BCUT2D eigenvalue weighted by atomic mass is 10.3. The highest BCUT2D eigenvalue weighted by atomic mass is 79.9. The van der Waals surface area contributed by atoms with Crippen molar-refractivity contribution >= 4 is 32.3 Å². The second-order valence-electron chi connectivity index (χ2n) is 2.88. The SMILES string of the molecule is O=c1[nH]c2cc(Br)cn3ncc1c23. The molecule has 0 amide bonds. The number of aromatic nitrogens is 3. The number of hydrogen-bond donors (Lipinski definition) is 1. The minimum atomic E-state index is -0.0805. The maximum Gasteiger partial charge on any atom is 0.259 e. The molecule has 0 unspecified atom stereocenters. The van der Waals surface area contributed by atoms with Crippen molar-refractivity contribution in [3.63, 3.8) is 0 Å². The highest BCUT2D eigenvalue weighted by Gasteiger charge is 2.10. The van der Waals surface area contributed by atoms with E-state index >= 15 is 0 Å². The Labute approximate surface area is 80.6 Å². The van der Waals surface area contributed by atoms with Crippen LogP contribution in [0.1, 0.15) is 0 Å². The van der Waals surface area contributed by atoms with E-state index in [0.29, 0.717) is 5.39 Å². The first-order chi connectivity index (χ1) is 6.25. The molecule has 0 atom stereocenters. The Morgan fingerprint density at radius 3 is 3.23 bits per heavy atom. The summed E-state index contributed by atoms with van der Waals surface area (Å²) < 4.78 is 2.58. The molecule has 0 bridgehead atoms. The first-order valence-corrected chi connectivity index (χ1v) is 4.53. The van der Waals surface area contributed by atoms with Gasteiger partial charge in [-0.2, -0.15) is 5.10 Å². The summed E-state index contributed by atoms with van der Waals surface area (Å²) in [5, 5.41) is 4.71. The van der Waals surface area contributed by atoms with Gasteiger partial charge in [-0.25, -0.2) is 4.52 Å². The lowest BCUT2D eigenvalue weighted by Gasteiger charge is -1.93. The minimum Gasteiger partial charge on any atom is -0.320 e. The van der Waals surface area contributed by atoms with Crippen molar-refractivity contribution in [2.24, 2.45) is 0 Å². The molecule has 0 fully saturated rings. The van der Waals surface area contributed by atoms with Crippen LogP contribution in [0.5, 0.6) is 0 Å². The quantitative estimate of drug-likeness (QED) is 0.643. The van der Waals surface area contributed by atoms with Gasteiger partial charge in [-0.3, -0.25) is 4.79 Å². The average Bonchev–Trinajstić information content (AvgIpc) is 2.58. The van der Waals surface area contributed by atoms with Crippen LogP contribution in [0.15, 0.2) is 27.7 Å². The molecule has 3 heterocycles. The highest BCUT2D eigenvalue weighted by molar-refractivity contribution is 9.10. The molecule has 0 saturated carbocycles. The topological polar surface area (TPSA) is 50.2 Å². The minimum absolute atomic E-state index is 0.0805. The molecule has 0 aliphatic carbocycles. The number of hydrogen-bond acceptors (Lipinski definition) is 2. The van der Waals surface area contributed by atoms with E-state index in [1.54, 1.807) is 10.7 Å². The second kappa shape index (κ2) is 2.11. The molecule has 64 valence electrons. The molecule has 13 heavy (non-hydrogen) atoms. The molecule has 0 spiro atoms. The third kappa shape index (κ3) is 0.793. The van der Waals surface area contributed by atoms with Crippen molar-refractivity contribution in [2.75, 3.05) is 0 Å². The molecule has 5 heteroatoms. The van der Waals surface area contributed by atoms with E-state index in [-0.39, 0.29) is 5.56 Å². The predicted octanol–water partition coefficient (Wildman–Crippen LogP) is 1.38. The Balaban J connectivity index is 2.78. The van der Waals surface area contributed by atoms with Crippen LogP contribution in [-0.4, -0.2) is 14.6 Å². The molecule has 0 radical (unpaired) electrons. The standard InChI is InChI=1S/C8H4BrN3O/c9-4-1-6-7-5(8(13)11-6)2-10-12(7)3-4/h1-3H,(H,11,13). The maximum atomic E-state index is 11.3. The molecule has 0 aromatic carbocycles. The van der Waals surface area contributed by atoms with Crippen LogP contribution in [0.2, 0.25) is 0 Å². The van der Waals surface area contributed by atoms with E-state index in [0.717, 1.165) is 15.5 Å². The van der Waals surface area contributed by atoms with Gasteiger partial charge in [-0.15, -0.1) is 0 Å². The number of nitrogens with one attached hydrogen (secondary N) is 1. The van der Waals surface area contributed by atoms with E-state index in [2.05, 4.69) is 26.0 Å². The van der Waals surface area contributed by atoms with Crippen LogP contribution < -0.4 is 5.56 Å². The van der Waals surface area contributed by atoms with E-state index in [1.807, 2.05) is 12.3 Å². The smallest absolute Gasteiger partial charge is 0.259 e. The van der Waals surface area contributed by atoms with E-state index < -0.39 is 0 Å². The lowest BCUT2D eigenvalue weighted by Crippen LogP contribution is -1.95. The molecular formula is C8H4BrN3O. The van der Waals surface area contributed by atoms with Crippen molar-refractivity contribution < 1.29 is 0 Å². The number of pyridine rings is 1. The van der Waals surface area contributed by atoms with Crippen LogP contribution in [0.25, 0.3) is 16.4 Å². The number of H-pyrrole nitrogens is 1. The predicted molar refractivity (Wildman–Crippen MR) is 52.2 cm³/mol. The van der Waals surface area contributed by atoms with E-state index in [9.17, 15) is 4.79 Å². The van der Waals surface area contributed by atoms with Crippen LogP contribution in [0, 0.1) is 0 Å². The van der Waals surface area contributed by atoms with Crippen LogP contribution in [0.4, 0.5) is 0 Å². The molecule has 4 nitrogen and oxygen atoms in total. The fourth-order valence-corrected chi connectivity index (χ4v) is 1.96. The van der Waals surface area contributed by atoms with Crippen molar-refractivity contribution in [3.8, 4) is 0 Å². The maximum absolute atomic E-state index is 11.3. The van der Waals surface area contributed by atoms with Crippen molar-refractivity contribution in [2.45, 2.75) is 0 Å². The number of nitrogens with zero attached hydrogens (tertiary/aromatic N) is 2. The Hall–Kier alpha value is -1.36. The van der Waals surface area contributed by atoms with E-state index in [1.165, 1.54) is 0 Å². The molecular weight excluding hydrogens is 234 g/mol. The van der Waals surface area contributed by atoms with Gasteiger partial charge < -0.3 is 4.98 Å². The summed E-state index contributed by atoms with van der Waals surface area (Å²) in [6, 6.07) is 1.87. The summed E-state index contributed by atoms with van der Waals surface area (Å²) in [5.41, 5.74) is 1.59. The third-order valence-electron chi connectivity index (χ3n) is 2.07. The Bertz CT molecular complexity index is 639. The molecule has 3 aromatic rings. The molecule has 0 aliphatic heterocycles. The van der Waals surface area contributed by atoms with E-state index in [4.69, 9.17) is 0 Å². The molecule has 3 rings (SSSR count). The third-order valence-corrected chi connectivity index (χ3v) is 2.50. The van der Waals surface area contributed by atoms with Gasteiger partial charge in [0.15, 0.2) is 0 Å². The number of aromatic amines is 1. The zero-order valence-corrected chi connectivity index (χ0v) is 8.00. The fraction of sp³-hybridized carbons (Fsp3) is 0. The number of rotatable bonds is 0. The van der Waals surface area contributed by atoms with Gasteiger partial charge in [0.2, 0.25) is 0 Å². The van der Waals surface area contributed by atoms with Gasteiger partial charge >= 0.3 is 0 Å². The molecule has 3 aromatic heterocycles. The van der Waals surface area contributed by atoms with Crippen molar-refractivity contribution in [1.82, 2.24) is 14.6 Å². The highest BCUT2D eigenvalue weighted by Crippen LogP contribution is 2.20. The first kappa shape index (κ1) is 7.08. The summed E-state index contributed by atoms with van der Waals surface area (Å²) in [6.07, 6.45) is 3.40. The van der Waals surface area contributed by atoms with Crippen LogP contribution in [0.3, 0.4) is 0 Å². The van der Waals surface area contributed by atoms with Gasteiger partial charge in [0.25, 0.3) is 5.56 Å². The van der Waals surface area contributed by atoms with Crippen LogP contribution >= 0.6 is 15.9 Å². The monoisotopic (exact) mass is 237 g/mol. The Kier molecular flexibility index (Phi) is 1.15. The average molecular weight is 238 g/mol. The van der Waals surface area contributed by atoms with Gasteiger partial charge in [0.05, 0.1) is 17.1 Å². The molecule has 1 N–H and O–H groups in total. The summed E-state index contributed by atoms with van der Waals surface area (Å²) in [7, 11) is 0. The van der Waals surface area contributed by atoms with Gasteiger partial charge in [-0.05, 0) is 22.0 Å². The number of halogens is 1. The van der Waals surface area contributed by atoms with Gasteiger partial charge in [0.1, 0.15) is 5.52 Å². The summed E-state index contributed by atoms with van der Waals surface area (Å²) >= 11 is 3.34. The van der Waals surface area contributed by atoms with Gasteiger partial charge in [-0.1, -0.05) is 0 Å². The Morgan fingerprint density at radius 1 is 1.54 bits per heavy atom. The van der Waals surface area contributed by atoms with Gasteiger partial charge in [0, 0.05) is 10.7 Å². The van der Waals surface area contributed by atoms with Crippen molar-refractivity contribution in [1.29, 1.82) is 0 Å². The lowest BCUT2D eigenvalue weighted by molar-refractivity contribution is 0.958. The fourth-order valence-electron chi connectivity index (χ4n) is 1.54. The van der Waals surface area contributed by atoms with Crippen molar-refractivity contribution in [3.05, 3.63) is 33.3 Å². The normalized spacial score (nSPS) is 11.8. The molecule has 0 saturated heterocycles. The summed E-state index contributed by atoms with van der Waals surface area (Å²) in [4.78, 5) is 14.1. The second-order valence-corrected chi connectivity index (χ2v) is 3.79. The summed E-state index contributed by atoms with van der Waals surface area (Å²) in [6.45, 7) is 0. The largest absolute Gasteiger partial charge is 0.320 e. The van der Waals surface area contributed by atoms with Crippen LogP contribution in [-0.2, 0) is 0 Å². The summed E-state index contributed by atoms with van der Waals surface area (Å²) in [5.74, 6) is 0.